The summed E-state index contributed by atoms with van der Waals surface area (Å²) in [6.07, 6.45) is 2.69. The van der Waals surface area contributed by atoms with E-state index in [0.717, 1.165) is 5.39 Å². The lowest BCUT2D eigenvalue weighted by Crippen LogP contribution is -2.11. The third kappa shape index (κ3) is 2.16. The molecule has 0 bridgehead atoms. The SMILES string of the molecule is O=c1[nH]c(Cn2cnc([N+](=O)[O-])c2)cc2ccccc12. The standard InChI is InChI=1S/C13H10N4O3/c18-13-11-4-2-1-3-9(11)5-10(15-13)6-16-7-12(14-8-16)17(19)20/h1-5,7-8H,6H2,(H,15,18). The van der Waals surface area contributed by atoms with Crippen molar-refractivity contribution in [3.05, 3.63) is 69.0 Å². The Hall–Kier alpha value is -2.96. The number of rotatable bonds is 3. The van der Waals surface area contributed by atoms with E-state index in [1.165, 1.54) is 12.5 Å². The fraction of sp³-hybridized carbons (Fsp3) is 0.0769. The second-order valence-electron chi connectivity index (χ2n) is 4.37. The van der Waals surface area contributed by atoms with Gasteiger partial charge in [-0.1, -0.05) is 18.2 Å². The molecular formula is C13H10N4O3. The zero-order valence-electron chi connectivity index (χ0n) is 10.3. The Bertz CT molecular complexity index is 850. The minimum Gasteiger partial charge on any atom is -0.358 e. The van der Waals surface area contributed by atoms with E-state index in [2.05, 4.69) is 9.97 Å². The van der Waals surface area contributed by atoms with E-state index in [1.54, 1.807) is 16.7 Å². The van der Waals surface area contributed by atoms with Crippen LogP contribution in [0.25, 0.3) is 10.8 Å². The predicted octanol–water partition coefficient (Wildman–Crippen LogP) is 1.68. The number of nitrogens with zero attached hydrogens (tertiary/aromatic N) is 3. The fourth-order valence-electron chi connectivity index (χ4n) is 2.08. The highest BCUT2D eigenvalue weighted by Gasteiger charge is 2.10. The number of hydrogen-bond donors (Lipinski definition) is 1. The first kappa shape index (κ1) is 12.1. The van der Waals surface area contributed by atoms with E-state index in [0.29, 0.717) is 17.6 Å². The van der Waals surface area contributed by atoms with Crippen LogP contribution in [0.2, 0.25) is 0 Å². The summed E-state index contributed by atoms with van der Waals surface area (Å²) < 4.78 is 1.55. The molecule has 2 aromatic heterocycles. The van der Waals surface area contributed by atoms with Gasteiger partial charge in [-0.3, -0.25) is 4.79 Å². The first-order chi connectivity index (χ1) is 9.63. The van der Waals surface area contributed by atoms with Gasteiger partial charge in [-0.05, 0) is 27.4 Å². The van der Waals surface area contributed by atoms with E-state index in [9.17, 15) is 14.9 Å². The van der Waals surface area contributed by atoms with Gasteiger partial charge in [0.15, 0.2) is 0 Å². The Morgan fingerprint density at radius 1 is 1.35 bits per heavy atom. The van der Waals surface area contributed by atoms with Crippen LogP contribution in [0.5, 0.6) is 0 Å². The van der Waals surface area contributed by atoms with Gasteiger partial charge in [0.25, 0.3) is 5.56 Å². The summed E-state index contributed by atoms with van der Waals surface area (Å²) in [7, 11) is 0. The van der Waals surface area contributed by atoms with Crippen molar-refractivity contribution in [2.45, 2.75) is 6.54 Å². The normalized spacial score (nSPS) is 10.8. The van der Waals surface area contributed by atoms with Gasteiger partial charge in [0, 0.05) is 11.1 Å². The zero-order chi connectivity index (χ0) is 14.1. The molecule has 0 saturated carbocycles. The molecule has 100 valence electrons. The molecule has 3 aromatic rings. The van der Waals surface area contributed by atoms with Gasteiger partial charge in [0.1, 0.15) is 6.20 Å². The summed E-state index contributed by atoms with van der Waals surface area (Å²) in [5, 5.41) is 12.0. The lowest BCUT2D eigenvalue weighted by Gasteiger charge is -2.03. The van der Waals surface area contributed by atoms with Gasteiger partial charge < -0.3 is 19.7 Å². The molecule has 0 aliphatic rings. The van der Waals surface area contributed by atoms with Gasteiger partial charge >= 0.3 is 5.82 Å². The minimum atomic E-state index is -0.556. The fourth-order valence-corrected chi connectivity index (χ4v) is 2.08. The van der Waals surface area contributed by atoms with Crippen LogP contribution in [-0.2, 0) is 6.54 Å². The maximum Gasteiger partial charge on any atom is 0.381 e. The quantitative estimate of drug-likeness (QED) is 0.578. The molecule has 20 heavy (non-hydrogen) atoms. The number of imidazole rings is 1. The number of fused-ring (bicyclic) bond motifs is 1. The van der Waals surface area contributed by atoms with E-state index >= 15 is 0 Å². The number of aromatic amines is 1. The van der Waals surface area contributed by atoms with Crippen LogP contribution in [0.3, 0.4) is 0 Å². The molecule has 7 heteroatoms. The van der Waals surface area contributed by atoms with Crippen LogP contribution < -0.4 is 5.56 Å². The summed E-state index contributed by atoms with van der Waals surface area (Å²) in [4.78, 5) is 28.4. The predicted molar refractivity (Wildman–Crippen MR) is 72.6 cm³/mol. The van der Waals surface area contributed by atoms with Crippen molar-refractivity contribution in [3.8, 4) is 0 Å². The monoisotopic (exact) mass is 270 g/mol. The molecule has 0 amide bonds. The largest absolute Gasteiger partial charge is 0.381 e. The number of pyridine rings is 1. The van der Waals surface area contributed by atoms with Crippen LogP contribution in [0.15, 0.2) is 47.7 Å². The molecule has 0 fully saturated rings. The number of nitro groups is 1. The summed E-state index contributed by atoms with van der Waals surface area (Å²) in [5.41, 5.74) is 0.494. The highest BCUT2D eigenvalue weighted by atomic mass is 16.6. The van der Waals surface area contributed by atoms with Crippen LogP contribution >= 0.6 is 0 Å². The second-order valence-corrected chi connectivity index (χ2v) is 4.37. The Labute approximate surface area is 112 Å². The lowest BCUT2D eigenvalue weighted by atomic mass is 10.1. The van der Waals surface area contributed by atoms with E-state index in [1.807, 2.05) is 18.2 Å². The third-order valence-electron chi connectivity index (χ3n) is 2.97. The maximum atomic E-state index is 11.9. The first-order valence-corrected chi connectivity index (χ1v) is 5.90. The molecule has 0 unspecified atom stereocenters. The Kier molecular flexibility index (Phi) is 2.79. The average molecular weight is 270 g/mol. The van der Waals surface area contributed by atoms with Crippen molar-refractivity contribution in [1.29, 1.82) is 0 Å². The molecule has 1 aromatic carbocycles. The molecule has 1 N–H and O–H groups in total. The van der Waals surface area contributed by atoms with E-state index < -0.39 is 4.92 Å². The van der Waals surface area contributed by atoms with Crippen LogP contribution in [0, 0.1) is 10.1 Å². The smallest absolute Gasteiger partial charge is 0.358 e. The van der Waals surface area contributed by atoms with Crippen molar-refractivity contribution >= 4 is 16.6 Å². The van der Waals surface area contributed by atoms with Crippen molar-refractivity contribution in [2.24, 2.45) is 0 Å². The summed E-state index contributed by atoms with van der Waals surface area (Å²) in [6, 6.07) is 9.11. The van der Waals surface area contributed by atoms with Crippen LogP contribution in [-0.4, -0.2) is 19.5 Å². The van der Waals surface area contributed by atoms with Gasteiger partial charge in [-0.25, -0.2) is 0 Å². The molecule has 2 heterocycles. The summed E-state index contributed by atoms with van der Waals surface area (Å²) in [6.45, 7) is 0.320. The number of aromatic nitrogens is 3. The van der Waals surface area contributed by atoms with Gasteiger partial charge in [0.2, 0.25) is 6.33 Å². The Balaban J connectivity index is 1.98. The maximum absolute atomic E-state index is 11.9. The molecule has 0 atom stereocenters. The number of hydrogen-bond acceptors (Lipinski definition) is 4. The molecule has 0 aliphatic carbocycles. The topological polar surface area (TPSA) is 93.8 Å². The minimum absolute atomic E-state index is 0.173. The number of H-pyrrole nitrogens is 1. The lowest BCUT2D eigenvalue weighted by molar-refractivity contribution is -0.389. The van der Waals surface area contributed by atoms with Crippen molar-refractivity contribution in [3.63, 3.8) is 0 Å². The molecule has 0 spiro atoms. The second kappa shape index (κ2) is 4.61. The molecule has 3 rings (SSSR count). The third-order valence-corrected chi connectivity index (χ3v) is 2.97. The molecule has 0 aliphatic heterocycles. The summed E-state index contributed by atoms with van der Waals surface area (Å²) >= 11 is 0. The van der Waals surface area contributed by atoms with Gasteiger partial charge in [0.05, 0.1) is 6.54 Å². The van der Waals surface area contributed by atoms with Crippen molar-refractivity contribution < 1.29 is 4.92 Å². The van der Waals surface area contributed by atoms with E-state index in [4.69, 9.17) is 0 Å². The van der Waals surface area contributed by atoms with Crippen molar-refractivity contribution in [2.75, 3.05) is 0 Å². The summed E-state index contributed by atoms with van der Waals surface area (Å²) in [5.74, 6) is -0.215. The van der Waals surface area contributed by atoms with E-state index in [-0.39, 0.29) is 11.4 Å². The molecule has 0 saturated heterocycles. The highest BCUT2D eigenvalue weighted by molar-refractivity contribution is 5.81. The average Bonchev–Trinajstić information content (AvgIpc) is 2.87. The van der Waals surface area contributed by atoms with Crippen LogP contribution in [0.4, 0.5) is 5.82 Å². The highest BCUT2D eigenvalue weighted by Crippen LogP contribution is 2.12. The molecule has 0 radical (unpaired) electrons. The Morgan fingerprint density at radius 3 is 2.90 bits per heavy atom. The van der Waals surface area contributed by atoms with Gasteiger partial charge in [-0.15, -0.1) is 0 Å². The number of benzene rings is 1. The van der Waals surface area contributed by atoms with Crippen molar-refractivity contribution in [1.82, 2.24) is 14.5 Å². The molecule has 7 nitrogen and oxygen atoms in total. The number of nitrogens with one attached hydrogen (secondary N) is 1. The molecular weight excluding hydrogens is 260 g/mol. The van der Waals surface area contributed by atoms with Gasteiger partial charge in [-0.2, -0.15) is 0 Å². The van der Waals surface area contributed by atoms with Crippen LogP contribution in [0.1, 0.15) is 5.69 Å². The zero-order valence-corrected chi connectivity index (χ0v) is 10.3. The Morgan fingerprint density at radius 2 is 2.15 bits per heavy atom. The first-order valence-electron chi connectivity index (χ1n) is 5.90.